The Balaban J connectivity index is 1.60. The molecule has 3 aromatic carbocycles. The van der Waals surface area contributed by atoms with Crippen molar-refractivity contribution in [2.45, 2.75) is 6.42 Å². The average Bonchev–Trinajstić information content (AvgIpc) is 3.05. The number of amides is 1. The summed E-state index contributed by atoms with van der Waals surface area (Å²) in [7, 11) is 6.68. The molecule has 0 spiro atoms. The van der Waals surface area contributed by atoms with E-state index in [0.717, 1.165) is 17.5 Å². The molecule has 0 radical (unpaired) electrons. The van der Waals surface area contributed by atoms with Crippen LogP contribution in [0.3, 0.4) is 0 Å². The third kappa shape index (κ3) is 5.14. The van der Waals surface area contributed by atoms with Gasteiger partial charge in [0.05, 0.1) is 27.0 Å². The fraction of sp³-hybridized carbons (Fsp3) is 0.214. The summed E-state index contributed by atoms with van der Waals surface area (Å²) in [5, 5.41) is 2.87. The van der Waals surface area contributed by atoms with Gasteiger partial charge in [0.1, 0.15) is 5.75 Å². The first kappa shape index (κ1) is 23.9. The number of fused-ring (bicyclic) bond motifs is 1. The number of ether oxygens (including phenoxy) is 3. The Bertz CT molecular complexity index is 1280. The molecule has 0 saturated heterocycles. The van der Waals surface area contributed by atoms with Crippen molar-refractivity contribution in [3.8, 4) is 17.2 Å². The molecule has 7 heteroatoms. The standard InChI is InChI=1S/C28H28N2O5/c1-30-13-12-19-16-25(34-3)26(35-4)17-21(19)15-24(30)27(31)20-6-5-7-22(14-20)29-28(32)18-8-10-23(33-2)11-9-18/h5-11,14-17H,12-13H2,1-4H3,(H,29,32). The lowest BCUT2D eigenvalue weighted by molar-refractivity contribution is 0.0997. The molecule has 1 N–H and O–H groups in total. The number of benzene rings is 3. The molecule has 0 aromatic heterocycles. The van der Waals surface area contributed by atoms with E-state index in [4.69, 9.17) is 14.2 Å². The molecule has 0 fully saturated rings. The Morgan fingerprint density at radius 3 is 2.26 bits per heavy atom. The zero-order valence-corrected chi connectivity index (χ0v) is 20.3. The second-order valence-electron chi connectivity index (χ2n) is 8.20. The molecule has 0 atom stereocenters. The van der Waals surface area contributed by atoms with E-state index >= 15 is 0 Å². The molecular formula is C28H28N2O5. The lowest BCUT2D eigenvalue weighted by atomic mass is 10.0. The molecule has 180 valence electrons. The summed E-state index contributed by atoms with van der Waals surface area (Å²) in [6.07, 6.45) is 2.65. The van der Waals surface area contributed by atoms with Gasteiger partial charge in [0.25, 0.3) is 5.91 Å². The van der Waals surface area contributed by atoms with Crippen LogP contribution < -0.4 is 19.5 Å². The Labute approximate surface area is 204 Å². The minimum atomic E-state index is -0.266. The Kier molecular flexibility index (Phi) is 7.06. The molecular weight excluding hydrogens is 444 g/mol. The van der Waals surface area contributed by atoms with Crippen LogP contribution >= 0.6 is 0 Å². The highest BCUT2D eigenvalue weighted by Gasteiger charge is 2.22. The molecule has 3 aromatic rings. The van der Waals surface area contributed by atoms with Gasteiger partial charge in [-0.05, 0) is 72.2 Å². The van der Waals surface area contributed by atoms with E-state index in [2.05, 4.69) is 5.32 Å². The van der Waals surface area contributed by atoms with Crippen LogP contribution in [0.25, 0.3) is 6.08 Å². The van der Waals surface area contributed by atoms with Crippen LogP contribution in [0, 0.1) is 0 Å². The lowest BCUT2D eigenvalue weighted by Crippen LogP contribution is -2.24. The van der Waals surface area contributed by atoms with Gasteiger partial charge in [-0.15, -0.1) is 0 Å². The van der Waals surface area contributed by atoms with Gasteiger partial charge in [0.2, 0.25) is 5.78 Å². The molecule has 7 nitrogen and oxygen atoms in total. The van der Waals surface area contributed by atoms with Crippen molar-refractivity contribution in [3.05, 3.63) is 88.6 Å². The van der Waals surface area contributed by atoms with E-state index in [-0.39, 0.29) is 11.7 Å². The van der Waals surface area contributed by atoms with E-state index in [0.29, 0.717) is 46.3 Å². The molecule has 0 unspecified atom stereocenters. The molecule has 1 amide bonds. The number of methoxy groups -OCH3 is 3. The van der Waals surface area contributed by atoms with Crippen molar-refractivity contribution in [1.29, 1.82) is 0 Å². The Morgan fingerprint density at radius 2 is 1.57 bits per heavy atom. The third-order valence-electron chi connectivity index (χ3n) is 6.03. The minimum Gasteiger partial charge on any atom is -0.497 e. The summed E-state index contributed by atoms with van der Waals surface area (Å²) in [5.41, 5.74) is 4.08. The first-order chi connectivity index (χ1) is 16.9. The van der Waals surface area contributed by atoms with E-state index in [1.54, 1.807) is 69.9 Å². The van der Waals surface area contributed by atoms with Crippen LogP contribution in [0.4, 0.5) is 5.69 Å². The summed E-state index contributed by atoms with van der Waals surface area (Å²) in [6, 6.07) is 17.7. The molecule has 1 aliphatic rings. The zero-order chi connectivity index (χ0) is 24.9. The summed E-state index contributed by atoms with van der Waals surface area (Å²) < 4.78 is 16.0. The first-order valence-corrected chi connectivity index (χ1v) is 11.2. The van der Waals surface area contributed by atoms with Crippen LogP contribution in [0.2, 0.25) is 0 Å². The van der Waals surface area contributed by atoms with Crippen LogP contribution in [0.1, 0.15) is 31.8 Å². The van der Waals surface area contributed by atoms with Gasteiger partial charge in [-0.1, -0.05) is 12.1 Å². The van der Waals surface area contributed by atoms with E-state index in [1.807, 2.05) is 30.2 Å². The second kappa shape index (κ2) is 10.3. The van der Waals surface area contributed by atoms with Gasteiger partial charge in [-0.3, -0.25) is 9.59 Å². The monoisotopic (exact) mass is 472 g/mol. The molecule has 0 saturated carbocycles. The van der Waals surface area contributed by atoms with Gasteiger partial charge in [0, 0.05) is 30.4 Å². The highest BCUT2D eigenvalue weighted by molar-refractivity contribution is 6.12. The maximum absolute atomic E-state index is 13.5. The van der Waals surface area contributed by atoms with Crippen LogP contribution in [0.5, 0.6) is 17.2 Å². The van der Waals surface area contributed by atoms with Crippen LogP contribution in [0.15, 0.2) is 66.4 Å². The topological polar surface area (TPSA) is 77.1 Å². The first-order valence-electron chi connectivity index (χ1n) is 11.2. The summed E-state index contributed by atoms with van der Waals surface area (Å²) in [6.45, 7) is 0.675. The number of likely N-dealkylation sites (N-methyl/N-ethyl adjacent to an activating group) is 1. The molecule has 35 heavy (non-hydrogen) atoms. The lowest BCUT2D eigenvalue weighted by Gasteiger charge is -2.20. The molecule has 1 heterocycles. The van der Waals surface area contributed by atoms with Crippen molar-refractivity contribution in [2.75, 3.05) is 40.2 Å². The average molecular weight is 473 g/mol. The predicted octanol–water partition coefficient (Wildman–Crippen LogP) is 4.68. The molecule has 1 aliphatic heterocycles. The van der Waals surface area contributed by atoms with E-state index < -0.39 is 0 Å². The van der Waals surface area contributed by atoms with Gasteiger partial charge in [-0.25, -0.2) is 0 Å². The van der Waals surface area contributed by atoms with Gasteiger partial charge < -0.3 is 24.4 Å². The Hall–Kier alpha value is -4.26. The highest BCUT2D eigenvalue weighted by atomic mass is 16.5. The largest absolute Gasteiger partial charge is 0.497 e. The van der Waals surface area contributed by atoms with Crippen molar-refractivity contribution in [3.63, 3.8) is 0 Å². The summed E-state index contributed by atoms with van der Waals surface area (Å²) in [5.74, 6) is 1.56. The molecule has 4 rings (SSSR count). The number of nitrogens with one attached hydrogen (secondary N) is 1. The van der Waals surface area contributed by atoms with Gasteiger partial charge >= 0.3 is 0 Å². The predicted molar refractivity (Wildman–Crippen MR) is 136 cm³/mol. The fourth-order valence-corrected chi connectivity index (χ4v) is 4.02. The van der Waals surface area contributed by atoms with Crippen molar-refractivity contribution >= 4 is 23.5 Å². The van der Waals surface area contributed by atoms with E-state index in [1.165, 1.54) is 0 Å². The summed E-state index contributed by atoms with van der Waals surface area (Å²) in [4.78, 5) is 28.2. The number of rotatable bonds is 7. The molecule has 0 bridgehead atoms. The smallest absolute Gasteiger partial charge is 0.255 e. The number of hydrogen-bond donors (Lipinski definition) is 1. The van der Waals surface area contributed by atoms with Crippen LogP contribution in [-0.4, -0.2) is 51.5 Å². The van der Waals surface area contributed by atoms with E-state index in [9.17, 15) is 9.59 Å². The quantitative estimate of drug-likeness (QED) is 0.504. The number of anilines is 1. The fourth-order valence-electron chi connectivity index (χ4n) is 4.02. The number of hydrogen-bond acceptors (Lipinski definition) is 6. The third-order valence-corrected chi connectivity index (χ3v) is 6.03. The van der Waals surface area contributed by atoms with Crippen LogP contribution in [-0.2, 0) is 6.42 Å². The number of ketones is 1. The normalized spacial score (nSPS) is 12.7. The zero-order valence-electron chi connectivity index (χ0n) is 20.3. The number of nitrogens with zero attached hydrogens (tertiary/aromatic N) is 1. The maximum atomic E-state index is 13.5. The number of carbonyl (C=O) groups is 2. The number of Topliss-reactive ketones (excluding diaryl/α,β-unsaturated/α-hetero) is 1. The SMILES string of the molecule is COc1ccc(C(=O)Nc2cccc(C(=O)C3=Cc4cc(OC)c(OC)cc4CCN3C)c2)cc1. The van der Waals surface area contributed by atoms with Crippen molar-refractivity contribution < 1.29 is 23.8 Å². The summed E-state index contributed by atoms with van der Waals surface area (Å²) >= 11 is 0. The number of carbonyl (C=O) groups excluding carboxylic acids is 2. The highest BCUT2D eigenvalue weighted by Crippen LogP contribution is 2.34. The minimum absolute atomic E-state index is 0.129. The van der Waals surface area contributed by atoms with Gasteiger partial charge in [-0.2, -0.15) is 0 Å². The van der Waals surface area contributed by atoms with Crippen molar-refractivity contribution in [2.24, 2.45) is 0 Å². The molecule has 0 aliphatic carbocycles. The maximum Gasteiger partial charge on any atom is 0.255 e. The Morgan fingerprint density at radius 1 is 0.857 bits per heavy atom. The van der Waals surface area contributed by atoms with Crippen molar-refractivity contribution in [1.82, 2.24) is 4.90 Å². The second-order valence-corrected chi connectivity index (χ2v) is 8.20. The van der Waals surface area contributed by atoms with Gasteiger partial charge in [0.15, 0.2) is 11.5 Å². The number of allylic oxidation sites excluding steroid dienone is 1.